The van der Waals surface area contributed by atoms with Crippen LogP contribution in [0.3, 0.4) is 0 Å². The number of amides is 1. The molecule has 0 saturated heterocycles. The number of ether oxygens (including phenoxy) is 1. The highest BCUT2D eigenvalue weighted by Crippen LogP contribution is 2.33. The largest absolute Gasteiger partial charge is 0.467 e. The first kappa shape index (κ1) is 21.8. The number of hydrogen-bond acceptors (Lipinski definition) is 3. The predicted molar refractivity (Wildman–Crippen MR) is 131 cm³/mol. The minimum absolute atomic E-state index is 0.327. The van der Waals surface area contributed by atoms with Gasteiger partial charge >= 0.3 is 5.97 Å². The van der Waals surface area contributed by atoms with Gasteiger partial charge in [-0.3, -0.25) is 4.79 Å². The maximum atomic E-state index is 13.4. The molecule has 1 amide bonds. The number of esters is 1. The standard InChI is InChI=1S/C27H22BrNO3/c1-32-27(31)25(16-18-8-3-2-4-9-18)29-26(30)23-15-14-20(28)17-24(23)22-13-7-11-19-10-5-6-12-21(19)22/h2-15,17,25H,16H2,1H3,(H,29,30)/t25-/m1/s1. The molecule has 0 unspecified atom stereocenters. The highest BCUT2D eigenvalue weighted by atomic mass is 79.9. The quantitative estimate of drug-likeness (QED) is 0.350. The molecule has 0 aliphatic rings. The summed E-state index contributed by atoms with van der Waals surface area (Å²) in [5.74, 6) is -0.808. The Labute approximate surface area is 195 Å². The molecule has 0 spiro atoms. The average Bonchev–Trinajstić information content (AvgIpc) is 2.83. The summed E-state index contributed by atoms with van der Waals surface area (Å²) in [7, 11) is 1.33. The molecule has 0 heterocycles. The van der Waals surface area contributed by atoms with E-state index in [9.17, 15) is 9.59 Å². The summed E-state index contributed by atoms with van der Waals surface area (Å²) in [5.41, 5.74) is 3.17. The van der Waals surface area contributed by atoms with E-state index in [0.29, 0.717) is 12.0 Å². The van der Waals surface area contributed by atoms with Crippen molar-refractivity contribution in [3.63, 3.8) is 0 Å². The third-order valence-corrected chi connectivity index (χ3v) is 5.87. The number of hydrogen-bond donors (Lipinski definition) is 1. The van der Waals surface area contributed by atoms with Gasteiger partial charge < -0.3 is 10.1 Å². The Balaban J connectivity index is 1.71. The van der Waals surface area contributed by atoms with Crippen LogP contribution < -0.4 is 5.32 Å². The van der Waals surface area contributed by atoms with Crippen LogP contribution in [0.25, 0.3) is 21.9 Å². The normalized spacial score (nSPS) is 11.7. The topological polar surface area (TPSA) is 55.4 Å². The molecule has 1 atom stereocenters. The SMILES string of the molecule is COC(=O)[C@@H](Cc1ccccc1)NC(=O)c1ccc(Br)cc1-c1cccc2ccccc12. The fraction of sp³-hybridized carbons (Fsp3) is 0.111. The predicted octanol–water partition coefficient (Wildman–Crippen LogP) is 5.78. The molecule has 0 aliphatic heterocycles. The van der Waals surface area contributed by atoms with Gasteiger partial charge in [0, 0.05) is 16.5 Å². The number of rotatable bonds is 6. The fourth-order valence-electron chi connectivity index (χ4n) is 3.82. The number of methoxy groups -OCH3 is 1. The van der Waals surface area contributed by atoms with Gasteiger partial charge in [-0.2, -0.15) is 0 Å². The second-order valence-corrected chi connectivity index (χ2v) is 8.37. The zero-order valence-corrected chi connectivity index (χ0v) is 19.1. The van der Waals surface area contributed by atoms with E-state index in [1.807, 2.05) is 84.9 Å². The molecule has 4 aromatic carbocycles. The van der Waals surface area contributed by atoms with Gasteiger partial charge in [0.1, 0.15) is 6.04 Å². The highest BCUT2D eigenvalue weighted by Gasteiger charge is 2.24. The first-order valence-corrected chi connectivity index (χ1v) is 11.1. The third kappa shape index (κ3) is 4.73. The maximum absolute atomic E-state index is 13.4. The molecule has 1 N–H and O–H groups in total. The lowest BCUT2D eigenvalue weighted by atomic mass is 9.94. The van der Waals surface area contributed by atoms with E-state index in [0.717, 1.165) is 31.9 Å². The van der Waals surface area contributed by atoms with Gasteiger partial charge in [-0.25, -0.2) is 4.79 Å². The van der Waals surface area contributed by atoms with Crippen molar-refractivity contribution >= 4 is 38.6 Å². The Kier molecular flexibility index (Phi) is 6.66. The van der Waals surface area contributed by atoms with E-state index in [-0.39, 0.29) is 5.91 Å². The van der Waals surface area contributed by atoms with Gasteiger partial charge in [0.05, 0.1) is 7.11 Å². The van der Waals surface area contributed by atoms with E-state index in [2.05, 4.69) is 21.2 Å². The molecule has 4 rings (SSSR count). The minimum atomic E-state index is -0.793. The van der Waals surface area contributed by atoms with E-state index in [4.69, 9.17) is 4.74 Å². The molecule has 0 radical (unpaired) electrons. The van der Waals surface area contributed by atoms with Gasteiger partial charge in [-0.1, -0.05) is 88.7 Å². The van der Waals surface area contributed by atoms with Crippen LogP contribution >= 0.6 is 15.9 Å². The number of fused-ring (bicyclic) bond motifs is 1. The second-order valence-electron chi connectivity index (χ2n) is 7.46. The summed E-state index contributed by atoms with van der Waals surface area (Å²) in [6.45, 7) is 0. The Morgan fingerprint density at radius 2 is 1.59 bits per heavy atom. The Morgan fingerprint density at radius 1 is 0.875 bits per heavy atom. The fourth-order valence-corrected chi connectivity index (χ4v) is 4.18. The van der Waals surface area contributed by atoms with Crippen molar-refractivity contribution in [2.45, 2.75) is 12.5 Å². The Bertz CT molecular complexity index is 1270. The number of halogens is 1. The molecule has 32 heavy (non-hydrogen) atoms. The van der Waals surface area contributed by atoms with E-state index in [1.54, 1.807) is 6.07 Å². The Hall–Kier alpha value is -3.44. The number of carbonyl (C=O) groups excluding carboxylic acids is 2. The van der Waals surface area contributed by atoms with Crippen LogP contribution in [0.5, 0.6) is 0 Å². The van der Waals surface area contributed by atoms with Crippen molar-refractivity contribution in [1.29, 1.82) is 0 Å². The van der Waals surface area contributed by atoms with Crippen LogP contribution in [0, 0.1) is 0 Å². The number of carbonyl (C=O) groups is 2. The molecule has 0 aliphatic carbocycles. The summed E-state index contributed by atoms with van der Waals surface area (Å²) < 4.78 is 5.82. The van der Waals surface area contributed by atoms with Crippen molar-refractivity contribution < 1.29 is 14.3 Å². The van der Waals surface area contributed by atoms with Gasteiger partial charge in [-0.05, 0) is 45.7 Å². The summed E-state index contributed by atoms with van der Waals surface area (Å²) in [6.07, 6.45) is 0.347. The maximum Gasteiger partial charge on any atom is 0.328 e. The summed E-state index contributed by atoms with van der Waals surface area (Å²) in [6, 6.07) is 28.4. The second kappa shape index (κ2) is 9.79. The molecule has 4 nitrogen and oxygen atoms in total. The lowest BCUT2D eigenvalue weighted by Crippen LogP contribution is -2.43. The highest BCUT2D eigenvalue weighted by molar-refractivity contribution is 9.10. The zero-order valence-electron chi connectivity index (χ0n) is 17.5. The molecule has 0 bridgehead atoms. The lowest BCUT2D eigenvalue weighted by Gasteiger charge is -2.19. The van der Waals surface area contributed by atoms with E-state index < -0.39 is 12.0 Å². The van der Waals surface area contributed by atoms with Gasteiger partial charge in [-0.15, -0.1) is 0 Å². The van der Waals surface area contributed by atoms with Crippen LogP contribution in [0.15, 0.2) is 95.5 Å². The van der Waals surface area contributed by atoms with E-state index >= 15 is 0 Å². The molecule has 160 valence electrons. The molecule has 4 aromatic rings. The first-order valence-electron chi connectivity index (χ1n) is 10.3. The summed E-state index contributed by atoms with van der Waals surface area (Å²) >= 11 is 3.53. The van der Waals surface area contributed by atoms with Crippen molar-refractivity contribution in [1.82, 2.24) is 5.32 Å². The molecule has 0 aromatic heterocycles. The number of benzene rings is 4. The molecule has 0 fully saturated rings. The van der Waals surface area contributed by atoms with Crippen LogP contribution in [0.2, 0.25) is 0 Å². The van der Waals surface area contributed by atoms with Crippen molar-refractivity contribution in [2.24, 2.45) is 0 Å². The number of nitrogens with one attached hydrogen (secondary N) is 1. The third-order valence-electron chi connectivity index (χ3n) is 5.38. The van der Waals surface area contributed by atoms with E-state index in [1.165, 1.54) is 7.11 Å². The molecular weight excluding hydrogens is 466 g/mol. The van der Waals surface area contributed by atoms with Gasteiger partial charge in [0.15, 0.2) is 0 Å². The summed E-state index contributed by atoms with van der Waals surface area (Å²) in [5, 5.41) is 5.02. The van der Waals surface area contributed by atoms with Crippen molar-refractivity contribution in [3.8, 4) is 11.1 Å². The van der Waals surface area contributed by atoms with Gasteiger partial charge in [0.2, 0.25) is 0 Å². The average molecular weight is 488 g/mol. The minimum Gasteiger partial charge on any atom is -0.467 e. The first-order chi connectivity index (χ1) is 15.6. The monoisotopic (exact) mass is 487 g/mol. The lowest BCUT2D eigenvalue weighted by molar-refractivity contribution is -0.142. The van der Waals surface area contributed by atoms with Crippen molar-refractivity contribution in [2.75, 3.05) is 7.11 Å². The zero-order chi connectivity index (χ0) is 22.5. The summed E-state index contributed by atoms with van der Waals surface area (Å²) in [4.78, 5) is 25.8. The Morgan fingerprint density at radius 3 is 2.38 bits per heavy atom. The van der Waals surface area contributed by atoms with Crippen LogP contribution in [0.1, 0.15) is 15.9 Å². The molecule has 5 heteroatoms. The molecular formula is C27H22BrNO3. The van der Waals surface area contributed by atoms with Crippen LogP contribution in [0.4, 0.5) is 0 Å². The van der Waals surface area contributed by atoms with Crippen molar-refractivity contribution in [3.05, 3.63) is 107 Å². The molecule has 0 saturated carbocycles. The van der Waals surface area contributed by atoms with Crippen LogP contribution in [-0.4, -0.2) is 25.0 Å². The van der Waals surface area contributed by atoms with Crippen LogP contribution in [-0.2, 0) is 16.0 Å². The van der Waals surface area contributed by atoms with Gasteiger partial charge in [0.25, 0.3) is 5.91 Å². The smallest absolute Gasteiger partial charge is 0.328 e.